The fourth-order valence-electron chi connectivity index (χ4n) is 5.60. The quantitative estimate of drug-likeness (QED) is 0.296. The number of benzene rings is 3. The Morgan fingerprint density at radius 3 is 1.79 bits per heavy atom. The number of carbonyl (C=O) groups excluding carboxylic acids is 1. The number of nitrogens with zero attached hydrogens (tertiary/aromatic N) is 1. The van der Waals surface area contributed by atoms with Gasteiger partial charge in [-0.15, -0.1) is 0 Å². The van der Waals surface area contributed by atoms with Crippen LogP contribution in [-0.4, -0.2) is 40.5 Å². The monoisotopic (exact) mass is 529 g/mol. The van der Waals surface area contributed by atoms with Crippen LogP contribution >= 0.6 is 0 Å². The number of aliphatic hydroxyl groups is 2. The molecule has 210 valence electrons. The first kappa shape index (κ1) is 30.7. The molecule has 2 N–H and O–H groups in total. The molecule has 0 bridgehead atoms. The number of carbonyl (C=O) groups is 1. The molecule has 4 rings (SSSR count). The van der Waals surface area contributed by atoms with Gasteiger partial charge in [-0.25, -0.2) is 0 Å². The minimum Gasteiger partial charge on any atom is -0.388 e. The number of likely N-dealkylation sites (tertiary alicyclic amines) is 1. The highest BCUT2D eigenvalue weighted by molar-refractivity contribution is 5.87. The van der Waals surface area contributed by atoms with Gasteiger partial charge in [-0.3, -0.25) is 4.79 Å². The van der Waals surface area contributed by atoms with E-state index in [-0.39, 0.29) is 11.7 Å². The fraction of sp³-hybridized carbons (Fsp3) is 0.457. The van der Waals surface area contributed by atoms with Crippen LogP contribution in [0, 0.1) is 5.92 Å². The lowest BCUT2D eigenvalue weighted by Gasteiger charge is -2.42. The van der Waals surface area contributed by atoms with Crippen molar-refractivity contribution >= 4 is 5.78 Å². The standard InChI is InChI=1S/C33H41NO3.C2H6/c1-25(35)32(2,3)27-18-16-26(17-19-27)31(36)15-10-22-34-23-20-30(21-24-34)33(37,28-11-6-4-7-12-28)29-13-8-5-9-14-29;1-2/h4-9,11-14,16-19,30-31,36-37H,10,15,20-24H2,1-3H3;1-2H3. The van der Waals surface area contributed by atoms with Crippen LogP contribution in [0.5, 0.6) is 0 Å². The van der Waals surface area contributed by atoms with Crippen molar-refractivity contribution in [3.8, 4) is 0 Å². The molecule has 39 heavy (non-hydrogen) atoms. The molecule has 4 nitrogen and oxygen atoms in total. The van der Waals surface area contributed by atoms with Gasteiger partial charge in [0.15, 0.2) is 0 Å². The highest BCUT2D eigenvalue weighted by atomic mass is 16.3. The molecule has 1 heterocycles. The Bertz CT molecular complexity index is 1090. The molecule has 4 heteroatoms. The molecule has 0 aromatic heterocycles. The van der Waals surface area contributed by atoms with E-state index in [1.807, 2.05) is 113 Å². The molecule has 1 unspecified atom stereocenters. The predicted octanol–water partition coefficient (Wildman–Crippen LogP) is 7.04. The van der Waals surface area contributed by atoms with Crippen LogP contribution in [0.2, 0.25) is 0 Å². The van der Waals surface area contributed by atoms with Gasteiger partial charge < -0.3 is 15.1 Å². The van der Waals surface area contributed by atoms with Gasteiger partial charge in [0.05, 0.1) is 6.10 Å². The second kappa shape index (κ2) is 14.0. The van der Waals surface area contributed by atoms with Gasteiger partial charge in [-0.05, 0) is 94.3 Å². The van der Waals surface area contributed by atoms with Crippen molar-refractivity contribution in [2.45, 2.75) is 77.4 Å². The van der Waals surface area contributed by atoms with Crippen molar-refractivity contribution in [2.24, 2.45) is 5.92 Å². The average molecular weight is 530 g/mol. The zero-order chi connectivity index (χ0) is 28.5. The Morgan fingerprint density at radius 2 is 1.33 bits per heavy atom. The van der Waals surface area contributed by atoms with Gasteiger partial charge in [0.2, 0.25) is 0 Å². The first-order chi connectivity index (χ1) is 18.7. The fourth-order valence-corrected chi connectivity index (χ4v) is 5.60. The third-order valence-electron chi connectivity index (χ3n) is 8.46. The lowest BCUT2D eigenvalue weighted by atomic mass is 9.72. The zero-order valence-electron chi connectivity index (χ0n) is 24.4. The summed E-state index contributed by atoms with van der Waals surface area (Å²) in [6.07, 6.45) is 2.96. The molecule has 1 saturated heterocycles. The Labute approximate surface area is 235 Å². The number of rotatable bonds is 10. The van der Waals surface area contributed by atoms with E-state index in [2.05, 4.69) is 4.90 Å². The van der Waals surface area contributed by atoms with Gasteiger partial charge in [-0.2, -0.15) is 0 Å². The molecular weight excluding hydrogens is 482 g/mol. The summed E-state index contributed by atoms with van der Waals surface area (Å²) >= 11 is 0. The third kappa shape index (κ3) is 7.25. The highest BCUT2D eigenvalue weighted by Crippen LogP contribution is 2.42. The summed E-state index contributed by atoms with van der Waals surface area (Å²) in [5, 5.41) is 22.8. The molecule has 0 saturated carbocycles. The number of hydrogen-bond donors (Lipinski definition) is 2. The minimum absolute atomic E-state index is 0.135. The summed E-state index contributed by atoms with van der Waals surface area (Å²) in [6, 6.07) is 28.0. The molecule has 0 spiro atoms. The van der Waals surface area contributed by atoms with Crippen molar-refractivity contribution < 1.29 is 15.0 Å². The van der Waals surface area contributed by atoms with Crippen molar-refractivity contribution in [2.75, 3.05) is 19.6 Å². The van der Waals surface area contributed by atoms with Crippen LogP contribution in [0.15, 0.2) is 84.9 Å². The van der Waals surface area contributed by atoms with Crippen LogP contribution in [0.25, 0.3) is 0 Å². The second-order valence-corrected chi connectivity index (χ2v) is 11.1. The minimum atomic E-state index is -0.992. The second-order valence-electron chi connectivity index (χ2n) is 11.1. The molecule has 1 aliphatic rings. The van der Waals surface area contributed by atoms with Crippen molar-refractivity contribution in [3.05, 3.63) is 107 Å². The van der Waals surface area contributed by atoms with E-state index in [0.29, 0.717) is 6.42 Å². The SMILES string of the molecule is CC.CC(=O)C(C)(C)c1ccc(C(O)CCCN2CCC(C(O)(c3ccccc3)c3ccccc3)CC2)cc1. The average Bonchev–Trinajstić information content (AvgIpc) is 2.99. The molecule has 0 amide bonds. The Hall–Kier alpha value is -2.79. The Balaban J connectivity index is 0.00000205. The Morgan fingerprint density at radius 1 is 0.846 bits per heavy atom. The van der Waals surface area contributed by atoms with Gasteiger partial charge in [-0.1, -0.05) is 98.8 Å². The number of ketones is 1. The smallest absolute Gasteiger partial charge is 0.139 e. The van der Waals surface area contributed by atoms with E-state index in [1.165, 1.54) is 0 Å². The van der Waals surface area contributed by atoms with Crippen LogP contribution in [0.1, 0.15) is 88.7 Å². The van der Waals surface area contributed by atoms with Crippen LogP contribution in [0.3, 0.4) is 0 Å². The number of Topliss-reactive ketones (excluding diaryl/α,β-unsaturated/α-hetero) is 1. The lowest BCUT2D eigenvalue weighted by molar-refractivity contribution is -0.121. The third-order valence-corrected chi connectivity index (χ3v) is 8.46. The molecule has 0 radical (unpaired) electrons. The topological polar surface area (TPSA) is 60.8 Å². The molecule has 3 aromatic rings. The maximum atomic E-state index is 12.1. The van der Waals surface area contributed by atoms with E-state index >= 15 is 0 Å². The summed E-state index contributed by atoms with van der Waals surface area (Å²) in [4.78, 5) is 14.4. The van der Waals surface area contributed by atoms with E-state index in [4.69, 9.17) is 0 Å². The molecule has 0 aliphatic carbocycles. The first-order valence-electron chi connectivity index (χ1n) is 14.6. The molecule has 1 aliphatic heterocycles. The van der Waals surface area contributed by atoms with Crippen molar-refractivity contribution in [1.82, 2.24) is 4.90 Å². The van der Waals surface area contributed by atoms with E-state index in [1.54, 1.807) is 6.92 Å². The molecule has 1 fully saturated rings. The largest absolute Gasteiger partial charge is 0.388 e. The van der Waals surface area contributed by atoms with Crippen molar-refractivity contribution in [3.63, 3.8) is 0 Å². The van der Waals surface area contributed by atoms with E-state index < -0.39 is 17.1 Å². The summed E-state index contributed by atoms with van der Waals surface area (Å²) in [5.74, 6) is 0.285. The molecule has 1 atom stereocenters. The number of hydrogen-bond acceptors (Lipinski definition) is 4. The summed E-state index contributed by atoms with van der Waals surface area (Å²) < 4.78 is 0. The van der Waals surface area contributed by atoms with E-state index in [9.17, 15) is 15.0 Å². The van der Waals surface area contributed by atoms with Gasteiger partial charge in [0.1, 0.15) is 11.4 Å². The maximum absolute atomic E-state index is 12.1. The van der Waals surface area contributed by atoms with Gasteiger partial charge in [0, 0.05) is 5.41 Å². The summed E-state index contributed by atoms with van der Waals surface area (Å²) in [5.41, 5.74) is 2.29. The Kier molecular flexibility index (Phi) is 11.1. The van der Waals surface area contributed by atoms with Gasteiger partial charge in [0.25, 0.3) is 0 Å². The highest BCUT2D eigenvalue weighted by Gasteiger charge is 2.41. The lowest BCUT2D eigenvalue weighted by Crippen LogP contribution is -2.44. The molecule has 3 aromatic carbocycles. The number of piperidine rings is 1. The first-order valence-corrected chi connectivity index (χ1v) is 14.6. The normalized spacial score (nSPS) is 15.8. The van der Waals surface area contributed by atoms with E-state index in [0.717, 1.165) is 61.2 Å². The van der Waals surface area contributed by atoms with Crippen LogP contribution < -0.4 is 0 Å². The van der Waals surface area contributed by atoms with Crippen LogP contribution in [0.4, 0.5) is 0 Å². The van der Waals surface area contributed by atoms with Crippen LogP contribution in [-0.2, 0) is 15.8 Å². The summed E-state index contributed by atoms with van der Waals surface area (Å²) in [7, 11) is 0. The zero-order valence-corrected chi connectivity index (χ0v) is 24.4. The summed E-state index contributed by atoms with van der Waals surface area (Å²) in [6.45, 7) is 12.3. The maximum Gasteiger partial charge on any atom is 0.139 e. The number of aliphatic hydroxyl groups excluding tert-OH is 1. The predicted molar refractivity (Wildman–Crippen MR) is 161 cm³/mol. The van der Waals surface area contributed by atoms with Gasteiger partial charge >= 0.3 is 0 Å². The molecular formula is C35H47NO3. The van der Waals surface area contributed by atoms with Crippen molar-refractivity contribution in [1.29, 1.82) is 0 Å².